The van der Waals surface area contributed by atoms with Gasteiger partial charge in [-0.3, -0.25) is 4.79 Å². The van der Waals surface area contributed by atoms with Crippen molar-refractivity contribution >= 4 is 18.0 Å². The van der Waals surface area contributed by atoms with Crippen molar-refractivity contribution in [3.63, 3.8) is 0 Å². The first kappa shape index (κ1) is 7.66. The van der Waals surface area contributed by atoms with Gasteiger partial charge in [0.1, 0.15) is 0 Å². The van der Waals surface area contributed by atoms with Gasteiger partial charge in [-0.05, 0) is 13.3 Å². The Morgan fingerprint density at radius 1 is 1.80 bits per heavy atom. The summed E-state index contributed by atoms with van der Waals surface area (Å²) in [5.41, 5.74) is 0.778. The Balaban J connectivity index is 2.70. The number of nitrogens with one attached hydrogen (secondary N) is 1. The van der Waals surface area contributed by atoms with Gasteiger partial charge in [-0.25, -0.2) is 0 Å². The van der Waals surface area contributed by atoms with E-state index < -0.39 is 0 Å². The lowest BCUT2D eigenvalue weighted by molar-refractivity contribution is -0.105. The normalized spacial score (nSPS) is 24.8. The summed E-state index contributed by atoms with van der Waals surface area (Å²) >= 11 is 1.74. The minimum Gasteiger partial charge on any atom is -0.370 e. The van der Waals surface area contributed by atoms with E-state index in [1.165, 1.54) is 4.91 Å². The molecular formula is C7H11NOS. The molecule has 0 aromatic rings. The number of aldehydes is 1. The van der Waals surface area contributed by atoms with E-state index in [1.54, 1.807) is 11.8 Å². The van der Waals surface area contributed by atoms with E-state index in [0.29, 0.717) is 5.37 Å². The molecular weight excluding hydrogens is 146 g/mol. The van der Waals surface area contributed by atoms with Crippen LogP contribution in [0.25, 0.3) is 0 Å². The van der Waals surface area contributed by atoms with E-state index in [-0.39, 0.29) is 0 Å². The molecule has 0 spiro atoms. The highest BCUT2D eigenvalue weighted by Gasteiger charge is 2.17. The molecule has 1 heterocycles. The van der Waals surface area contributed by atoms with Gasteiger partial charge in [0.15, 0.2) is 6.29 Å². The molecule has 56 valence electrons. The van der Waals surface area contributed by atoms with Crippen molar-refractivity contribution in [2.45, 2.75) is 25.6 Å². The van der Waals surface area contributed by atoms with Crippen LogP contribution >= 0.6 is 11.8 Å². The Bertz CT molecular complexity index is 176. The Labute approximate surface area is 65.1 Å². The maximum atomic E-state index is 10.4. The summed E-state index contributed by atoms with van der Waals surface area (Å²) in [5, 5.41) is 3.45. The quantitative estimate of drug-likeness (QED) is 0.616. The van der Waals surface area contributed by atoms with Crippen LogP contribution in [0.4, 0.5) is 0 Å². The van der Waals surface area contributed by atoms with Crippen LogP contribution < -0.4 is 5.32 Å². The molecule has 0 radical (unpaired) electrons. The molecule has 0 aromatic heterocycles. The molecule has 10 heavy (non-hydrogen) atoms. The third-order valence-corrected chi connectivity index (χ3v) is 2.68. The summed E-state index contributed by atoms with van der Waals surface area (Å²) in [6.07, 6.45) is 1.85. The lowest BCUT2D eigenvalue weighted by Crippen LogP contribution is -2.16. The second-order valence-electron chi connectivity index (χ2n) is 2.21. The standard InChI is InChI=1S/C7H11NOS/c1-3-7-6(4-9)8-5(2)10-7/h4-5,8H,3H2,1-2H3. The molecule has 3 heteroatoms. The first-order valence-corrected chi connectivity index (χ1v) is 4.27. The summed E-state index contributed by atoms with van der Waals surface area (Å²) in [4.78, 5) is 11.6. The van der Waals surface area contributed by atoms with Crippen molar-refractivity contribution in [2.75, 3.05) is 0 Å². The van der Waals surface area contributed by atoms with Crippen molar-refractivity contribution in [3.8, 4) is 0 Å². The van der Waals surface area contributed by atoms with Crippen molar-refractivity contribution in [3.05, 3.63) is 10.6 Å². The number of carbonyl (C=O) groups excluding carboxylic acids is 1. The van der Waals surface area contributed by atoms with E-state index in [4.69, 9.17) is 0 Å². The Kier molecular flexibility index (Phi) is 2.38. The maximum Gasteiger partial charge on any atom is 0.166 e. The monoisotopic (exact) mass is 157 g/mol. The summed E-state index contributed by atoms with van der Waals surface area (Å²) in [6.45, 7) is 4.11. The van der Waals surface area contributed by atoms with Crippen LogP contribution in [-0.4, -0.2) is 11.7 Å². The Hall–Kier alpha value is -0.440. The summed E-state index contributed by atoms with van der Waals surface area (Å²) < 4.78 is 0. The third kappa shape index (κ3) is 1.34. The van der Waals surface area contributed by atoms with Crippen LogP contribution in [0.2, 0.25) is 0 Å². The van der Waals surface area contributed by atoms with Crippen molar-refractivity contribution in [1.82, 2.24) is 5.32 Å². The van der Waals surface area contributed by atoms with Gasteiger partial charge in [0, 0.05) is 4.91 Å². The average Bonchev–Trinajstić information content (AvgIpc) is 2.30. The number of allylic oxidation sites excluding steroid dienone is 2. The smallest absolute Gasteiger partial charge is 0.166 e. The average molecular weight is 157 g/mol. The van der Waals surface area contributed by atoms with Crippen LogP contribution in [0.3, 0.4) is 0 Å². The predicted molar refractivity (Wildman–Crippen MR) is 43.6 cm³/mol. The van der Waals surface area contributed by atoms with Crippen LogP contribution in [0.5, 0.6) is 0 Å². The molecule has 0 saturated carbocycles. The van der Waals surface area contributed by atoms with E-state index in [9.17, 15) is 4.79 Å². The Morgan fingerprint density at radius 2 is 2.50 bits per heavy atom. The minimum atomic E-state index is 0.371. The number of rotatable bonds is 2. The van der Waals surface area contributed by atoms with Gasteiger partial charge in [-0.15, -0.1) is 11.8 Å². The maximum absolute atomic E-state index is 10.4. The Morgan fingerprint density at radius 3 is 2.90 bits per heavy atom. The van der Waals surface area contributed by atoms with Gasteiger partial charge < -0.3 is 5.32 Å². The predicted octanol–water partition coefficient (Wildman–Crippen LogP) is 1.49. The lowest BCUT2D eigenvalue weighted by atomic mass is 10.3. The largest absolute Gasteiger partial charge is 0.370 e. The van der Waals surface area contributed by atoms with E-state index in [2.05, 4.69) is 19.2 Å². The van der Waals surface area contributed by atoms with Gasteiger partial charge in [-0.1, -0.05) is 6.92 Å². The van der Waals surface area contributed by atoms with Crippen LogP contribution in [-0.2, 0) is 4.79 Å². The van der Waals surface area contributed by atoms with Crippen LogP contribution in [0, 0.1) is 0 Å². The number of hydrogen-bond acceptors (Lipinski definition) is 3. The number of carbonyl (C=O) groups is 1. The zero-order chi connectivity index (χ0) is 7.56. The van der Waals surface area contributed by atoms with Crippen molar-refractivity contribution in [1.29, 1.82) is 0 Å². The highest BCUT2D eigenvalue weighted by molar-refractivity contribution is 8.03. The van der Waals surface area contributed by atoms with Crippen molar-refractivity contribution < 1.29 is 4.79 Å². The molecule has 0 aliphatic carbocycles. The summed E-state index contributed by atoms with van der Waals surface area (Å²) in [7, 11) is 0. The highest BCUT2D eigenvalue weighted by Crippen LogP contribution is 2.30. The number of thioether (sulfide) groups is 1. The van der Waals surface area contributed by atoms with Gasteiger partial charge in [0.25, 0.3) is 0 Å². The van der Waals surface area contributed by atoms with Gasteiger partial charge in [0.2, 0.25) is 0 Å². The molecule has 2 nitrogen and oxygen atoms in total. The molecule has 0 fully saturated rings. The second kappa shape index (κ2) is 3.10. The molecule has 0 aromatic carbocycles. The fraction of sp³-hybridized carbons (Fsp3) is 0.571. The van der Waals surface area contributed by atoms with Crippen molar-refractivity contribution in [2.24, 2.45) is 0 Å². The molecule has 1 atom stereocenters. The van der Waals surface area contributed by atoms with Crippen LogP contribution in [0.15, 0.2) is 10.6 Å². The van der Waals surface area contributed by atoms with Gasteiger partial charge in [-0.2, -0.15) is 0 Å². The highest BCUT2D eigenvalue weighted by atomic mass is 32.2. The third-order valence-electron chi connectivity index (χ3n) is 1.42. The zero-order valence-corrected chi connectivity index (χ0v) is 6.99. The number of hydrogen-bond donors (Lipinski definition) is 1. The van der Waals surface area contributed by atoms with Gasteiger partial charge in [0.05, 0.1) is 11.1 Å². The summed E-state index contributed by atoms with van der Waals surface area (Å²) in [6, 6.07) is 0. The molecule has 0 bridgehead atoms. The fourth-order valence-electron chi connectivity index (χ4n) is 0.979. The summed E-state index contributed by atoms with van der Waals surface area (Å²) in [5.74, 6) is 0. The van der Waals surface area contributed by atoms with E-state index in [1.807, 2.05) is 0 Å². The first-order chi connectivity index (χ1) is 4.77. The SMILES string of the molecule is CCC1=C(C=O)NC(C)S1. The van der Waals surface area contributed by atoms with E-state index in [0.717, 1.165) is 18.4 Å². The molecule has 0 saturated heterocycles. The molecule has 1 N–H and O–H groups in total. The molecule has 1 aliphatic heterocycles. The topological polar surface area (TPSA) is 29.1 Å². The molecule has 0 amide bonds. The molecule has 1 aliphatic rings. The minimum absolute atomic E-state index is 0.371. The van der Waals surface area contributed by atoms with Crippen LogP contribution in [0.1, 0.15) is 20.3 Å². The molecule has 1 rings (SSSR count). The first-order valence-electron chi connectivity index (χ1n) is 3.39. The van der Waals surface area contributed by atoms with Gasteiger partial charge >= 0.3 is 0 Å². The second-order valence-corrected chi connectivity index (χ2v) is 3.65. The zero-order valence-electron chi connectivity index (χ0n) is 6.18. The fourth-order valence-corrected chi connectivity index (χ4v) is 1.99. The lowest BCUT2D eigenvalue weighted by Gasteiger charge is -2.00. The molecule has 1 unspecified atom stereocenters. The van der Waals surface area contributed by atoms with E-state index >= 15 is 0 Å².